The third-order valence-corrected chi connectivity index (χ3v) is 6.13. The summed E-state index contributed by atoms with van der Waals surface area (Å²) in [5.41, 5.74) is 2.46. The zero-order valence-corrected chi connectivity index (χ0v) is 21.7. The molecular weight excluding hydrogens is 480 g/mol. The number of nitrogens with zero attached hydrogens (tertiary/aromatic N) is 1. The molecule has 0 spiro atoms. The highest BCUT2D eigenvalue weighted by molar-refractivity contribution is 6.30. The summed E-state index contributed by atoms with van der Waals surface area (Å²) in [5.74, 6) is 1.34. The summed E-state index contributed by atoms with van der Waals surface area (Å²) < 4.78 is 16.0. The molecule has 1 atom stereocenters. The zero-order chi connectivity index (χ0) is 26.1. The van der Waals surface area contributed by atoms with Gasteiger partial charge in [0.25, 0.3) is 0 Å². The number of rotatable bonds is 11. The number of hydrogen-bond acceptors (Lipinski definition) is 5. The standard InChI is InChI=1S/C28H31ClN2O5/c1-19(28(33)30-17-22-7-5-6-8-24(22)34-2)31(18-20-9-12-23(29)13-10-20)27(32)16-21-11-14-25(35-3)26(15-21)36-4/h5-15,19H,16-18H2,1-4H3,(H,30,33). The maximum absolute atomic E-state index is 13.5. The van der Waals surface area contributed by atoms with Crippen molar-refractivity contribution in [3.05, 3.63) is 88.4 Å². The van der Waals surface area contributed by atoms with Gasteiger partial charge in [0.1, 0.15) is 11.8 Å². The van der Waals surface area contributed by atoms with E-state index >= 15 is 0 Å². The number of halogens is 1. The van der Waals surface area contributed by atoms with Gasteiger partial charge in [0.15, 0.2) is 11.5 Å². The maximum Gasteiger partial charge on any atom is 0.242 e. The van der Waals surface area contributed by atoms with E-state index in [1.807, 2.05) is 42.5 Å². The Labute approximate surface area is 216 Å². The van der Waals surface area contributed by atoms with E-state index in [-0.39, 0.29) is 31.3 Å². The molecule has 0 aliphatic rings. The number of carbonyl (C=O) groups is 2. The number of para-hydroxylation sites is 1. The van der Waals surface area contributed by atoms with Crippen LogP contribution in [-0.4, -0.2) is 44.1 Å². The van der Waals surface area contributed by atoms with Crippen molar-refractivity contribution in [1.29, 1.82) is 0 Å². The van der Waals surface area contributed by atoms with Crippen LogP contribution in [0.2, 0.25) is 5.02 Å². The van der Waals surface area contributed by atoms with Crippen LogP contribution < -0.4 is 19.5 Å². The highest BCUT2D eigenvalue weighted by atomic mass is 35.5. The molecule has 0 saturated carbocycles. The van der Waals surface area contributed by atoms with Crippen LogP contribution >= 0.6 is 11.6 Å². The molecule has 0 aliphatic heterocycles. The Bertz CT molecular complexity index is 1180. The summed E-state index contributed by atoms with van der Waals surface area (Å²) in [5, 5.41) is 3.53. The van der Waals surface area contributed by atoms with Crippen LogP contribution in [0.25, 0.3) is 0 Å². The van der Waals surface area contributed by atoms with Crippen LogP contribution in [0.4, 0.5) is 0 Å². The summed E-state index contributed by atoms with van der Waals surface area (Å²) in [4.78, 5) is 28.2. The van der Waals surface area contributed by atoms with Crippen LogP contribution in [0, 0.1) is 0 Å². The van der Waals surface area contributed by atoms with Gasteiger partial charge >= 0.3 is 0 Å². The quantitative estimate of drug-likeness (QED) is 0.406. The van der Waals surface area contributed by atoms with E-state index in [0.717, 1.165) is 16.7 Å². The lowest BCUT2D eigenvalue weighted by molar-refractivity contribution is -0.140. The number of methoxy groups -OCH3 is 3. The molecule has 3 aromatic rings. The summed E-state index contributed by atoms with van der Waals surface area (Å²) in [7, 11) is 4.69. The monoisotopic (exact) mass is 510 g/mol. The minimum Gasteiger partial charge on any atom is -0.496 e. The first kappa shape index (κ1) is 26.9. The maximum atomic E-state index is 13.5. The van der Waals surface area contributed by atoms with Gasteiger partial charge in [-0.1, -0.05) is 48.0 Å². The van der Waals surface area contributed by atoms with Crippen LogP contribution in [0.1, 0.15) is 23.6 Å². The Morgan fingerprint density at radius 1 is 0.861 bits per heavy atom. The van der Waals surface area contributed by atoms with Crippen molar-refractivity contribution in [3.63, 3.8) is 0 Å². The van der Waals surface area contributed by atoms with E-state index < -0.39 is 6.04 Å². The van der Waals surface area contributed by atoms with Crippen molar-refractivity contribution in [2.75, 3.05) is 21.3 Å². The molecule has 0 fully saturated rings. The Hall–Kier alpha value is -3.71. The second kappa shape index (κ2) is 12.8. The fraction of sp³-hybridized carbons (Fsp3) is 0.286. The van der Waals surface area contributed by atoms with Gasteiger partial charge in [-0.2, -0.15) is 0 Å². The number of ether oxygens (including phenoxy) is 3. The predicted octanol–water partition coefficient (Wildman–Crippen LogP) is 4.64. The number of hydrogen-bond donors (Lipinski definition) is 1. The number of nitrogens with one attached hydrogen (secondary N) is 1. The van der Waals surface area contributed by atoms with Crippen molar-refractivity contribution < 1.29 is 23.8 Å². The zero-order valence-electron chi connectivity index (χ0n) is 20.9. The molecule has 7 nitrogen and oxygen atoms in total. The normalized spacial score (nSPS) is 11.4. The molecular formula is C28H31ClN2O5. The molecule has 0 heterocycles. The molecule has 8 heteroatoms. The molecule has 1 N–H and O–H groups in total. The van der Waals surface area contributed by atoms with Gasteiger partial charge in [-0.3, -0.25) is 9.59 Å². The molecule has 190 valence electrons. The van der Waals surface area contributed by atoms with Gasteiger partial charge in [0, 0.05) is 23.7 Å². The molecule has 3 aromatic carbocycles. The van der Waals surface area contributed by atoms with E-state index in [2.05, 4.69) is 5.32 Å². The molecule has 36 heavy (non-hydrogen) atoms. The van der Waals surface area contributed by atoms with Crippen LogP contribution in [0.3, 0.4) is 0 Å². The van der Waals surface area contributed by atoms with Crippen molar-refractivity contribution in [3.8, 4) is 17.2 Å². The third kappa shape index (κ3) is 6.92. The second-order valence-electron chi connectivity index (χ2n) is 8.22. The second-order valence-corrected chi connectivity index (χ2v) is 8.66. The lowest BCUT2D eigenvalue weighted by Crippen LogP contribution is -2.48. The average Bonchev–Trinajstić information content (AvgIpc) is 2.90. The van der Waals surface area contributed by atoms with Crippen LogP contribution in [-0.2, 0) is 29.1 Å². The Kier molecular flexibility index (Phi) is 9.59. The molecule has 0 radical (unpaired) electrons. The van der Waals surface area contributed by atoms with E-state index in [4.69, 9.17) is 25.8 Å². The summed E-state index contributed by atoms with van der Waals surface area (Å²) in [6.07, 6.45) is 0.0953. The molecule has 0 aliphatic carbocycles. The van der Waals surface area contributed by atoms with E-state index in [1.54, 1.807) is 57.4 Å². The SMILES string of the molecule is COc1ccccc1CNC(=O)C(C)N(Cc1ccc(Cl)cc1)C(=O)Cc1ccc(OC)c(OC)c1. The summed E-state index contributed by atoms with van der Waals surface area (Å²) in [6, 6.07) is 19.3. The number of carbonyl (C=O) groups excluding carboxylic acids is 2. The molecule has 1 unspecified atom stereocenters. The third-order valence-electron chi connectivity index (χ3n) is 5.88. The van der Waals surface area contributed by atoms with Gasteiger partial charge in [-0.25, -0.2) is 0 Å². The first-order chi connectivity index (χ1) is 17.4. The minimum absolute atomic E-state index is 0.0953. The Balaban J connectivity index is 1.79. The fourth-order valence-electron chi connectivity index (χ4n) is 3.81. The molecule has 0 aromatic heterocycles. The highest BCUT2D eigenvalue weighted by Crippen LogP contribution is 2.28. The molecule has 3 rings (SSSR count). The largest absolute Gasteiger partial charge is 0.496 e. The smallest absolute Gasteiger partial charge is 0.242 e. The minimum atomic E-state index is -0.719. The van der Waals surface area contributed by atoms with E-state index in [9.17, 15) is 9.59 Å². The van der Waals surface area contributed by atoms with Crippen molar-refractivity contribution in [2.24, 2.45) is 0 Å². The van der Waals surface area contributed by atoms with E-state index in [0.29, 0.717) is 22.3 Å². The summed E-state index contributed by atoms with van der Waals surface area (Å²) in [6.45, 7) is 2.26. The first-order valence-electron chi connectivity index (χ1n) is 11.5. The van der Waals surface area contributed by atoms with Crippen molar-refractivity contribution >= 4 is 23.4 Å². The Morgan fingerprint density at radius 3 is 2.17 bits per heavy atom. The van der Waals surface area contributed by atoms with Gasteiger partial charge in [-0.15, -0.1) is 0 Å². The lowest BCUT2D eigenvalue weighted by Gasteiger charge is -2.29. The number of amides is 2. The first-order valence-corrected chi connectivity index (χ1v) is 11.9. The molecule has 2 amide bonds. The summed E-state index contributed by atoms with van der Waals surface area (Å²) >= 11 is 6.03. The van der Waals surface area contributed by atoms with Gasteiger partial charge < -0.3 is 24.4 Å². The van der Waals surface area contributed by atoms with Gasteiger partial charge in [0.05, 0.1) is 27.8 Å². The van der Waals surface area contributed by atoms with E-state index in [1.165, 1.54) is 0 Å². The lowest BCUT2D eigenvalue weighted by atomic mass is 10.1. The highest BCUT2D eigenvalue weighted by Gasteiger charge is 2.26. The van der Waals surface area contributed by atoms with Crippen LogP contribution in [0.15, 0.2) is 66.7 Å². The fourth-order valence-corrected chi connectivity index (χ4v) is 3.94. The predicted molar refractivity (Wildman–Crippen MR) is 140 cm³/mol. The van der Waals surface area contributed by atoms with Crippen LogP contribution in [0.5, 0.6) is 17.2 Å². The number of benzene rings is 3. The topological polar surface area (TPSA) is 77.1 Å². The van der Waals surface area contributed by atoms with Crippen molar-refractivity contribution in [1.82, 2.24) is 10.2 Å². The average molecular weight is 511 g/mol. The molecule has 0 saturated heterocycles. The molecule has 0 bridgehead atoms. The van der Waals surface area contributed by atoms with Gasteiger partial charge in [-0.05, 0) is 48.4 Å². The van der Waals surface area contributed by atoms with Crippen molar-refractivity contribution in [2.45, 2.75) is 32.5 Å². The Morgan fingerprint density at radius 2 is 1.50 bits per heavy atom. The van der Waals surface area contributed by atoms with Gasteiger partial charge in [0.2, 0.25) is 11.8 Å².